The Kier molecular flexibility index (Phi) is 5.76. The number of amides is 1. The lowest BCUT2D eigenvalue weighted by molar-refractivity contribution is 0.0952. The van der Waals surface area contributed by atoms with Crippen LogP contribution in [0, 0.1) is 20.8 Å². The number of H-pyrrole nitrogens is 1. The maximum Gasteiger partial charge on any atom is 0.253 e. The number of hydrogen-bond acceptors (Lipinski definition) is 3. The minimum Gasteiger partial charge on any atom is -0.394 e. The highest BCUT2D eigenvalue weighted by molar-refractivity contribution is 9.10. The number of carbonyl (C=O) groups excluding carboxylic acids is 1. The number of pyridine rings is 1. The molecule has 2 aromatic heterocycles. The first kappa shape index (κ1) is 20.4. The highest BCUT2D eigenvalue weighted by atomic mass is 79.9. The zero-order valence-electron chi connectivity index (χ0n) is 16.4. The summed E-state index contributed by atoms with van der Waals surface area (Å²) in [5.41, 5.74) is 4.37. The van der Waals surface area contributed by atoms with Crippen molar-refractivity contribution >= 4 is 32.7 Å². The van der Waals surface area contributed by atoms with Gasteiger partial charge in [-0.05, 0) is 57.0 Å². The van der Waals surface area contributed by atoms with E-state index in [-0.39, 0.29) is 30.7 Å². The van der Waals surface area contributed by atoms with E-state index in [9.17, 15) is 14.7 Å². The van der Waals surface area contributed by atoms with E-state index in [1.165, 1.54) is 0 Å². The fourth-order valence-corrected chi connectivity index (χ4v) is 4.00. The molecule has 6 nitrogen and oxygen atoms in total. The average molecular weight is 446 g/mol. The molecule has 3 N–H and O–H groups in total. The highest BCUT2D eigenvalue weighted by Gasteiger charge is 2.19. The number of halogens is 1. The monoisotopic (exact) mass is 445 g/mol. The van der Waals surface area contributed by atoms with Crippen molar-refractivity contribution in [3.05, 3.63) is 67.2 Å². The van der Waals surface area contributed by atoms with Gasteiger partial charge in [0, 0.05) is 33.9 Å². The molecule has 0 radical (unpaired) electrons. The smallest absolute Gasteiger partial charge is 0.253 e. The first-order chi connectivity index (χ1) is 13.2. The number of rotatable bonds is 5. The van der Waals surface area contributed by atoms with E-state index >= 15 is 0 Å². The van der Waals surface area contributed by atoms with Crippen LogP contribution in [0.1, 0.15) is 45.7 Å². The number of hydrogen-bond donors (Lipinski definition) is 3. The lowest BCUT2D eigenvalue weighted by Gasteiger charge is -2.13. The summed E-state index contributed by atoms with van der Waals surface area (Å²) in [6.07, 6.45) is 1.95. The summed E-state index contributed by atoms with van der Waals surface area (Å²) in [5.74, 6) is -0.247. The summed E-state index contributed by atoms with van der Waals surface area (Å²) in [5, 5.41) is 13.3. The maximum atomic E-state index is 13.0. The van der Waals surface area contributed by atoms with Crippen LogP contribution in [0.25, 0.3) is 10.9 Å². The SMILES string of the molecule is Cc1cc(C)c(CNC(=O)c2cc(Br)cc3c2c(C)cn3[C@H](C)CO)c(=O)[nH]1. The maximum absolute atomic E-state index is 13.0. The third-order valence-corrected chi connectivity index (χ3v) is 5.45. The van der Waals surface area contributed by atoms with Gasteiger partial charge in [-0.3, -0.25) is 9.59 Å². The molecule has 0 spiro atoms. The van der Waals surface area contributed by atoms with Gasteiger partial charge >= 0.3 is 0 Å². The van der Waals surface area contributed by atoms with Gasteiger partial charge < -0.3 is 20.0 Å². The molecule has 1 aromatic carbocycles. The van der Waals surface area contributed by atoms with Crippen molar-refractivity contribution in [1.29, 1.82) is 0 Å². The van der Waals surface area contributed by atoms with Gasteiger partial charge in [-0.15, -0.1) is 0 Å². The Hall–Kier alpha value is -2.38. The molecule has 1 atom stereocenters. The fraction of sp³-hybridized carbons (Fsp3) is 0.333. The molecule has 0 bridgehead atoms. The second-order valence-corrected chi connectivity index (χ2v) is 8.14. The standard InChI is InChI=1S/C21H24BrN3O3/c1-11-5-13(3)24-21(28)17(11)8-23-20(27)16-6-15(22)7-18-19(16)12(2)9-25(18)14(4)10-26/h5-7,9,14,26H,8,10H2,1-4H3,(H,23,27)(H,24,28)/t14-/m1/s1. The van der Waals surface area contributed by atoms with Crippen molar-refractivity contribution in [1.82, 2.24) is 14.9 Å². The van der Waals surface area contributed by atoms with Crippen LogP contribution in [0.2, 0.25) is 0 Å². The molecule has 0 unspecified atom stereocenters. The van der Waals surface area contributed by atoms with Gasteiger partial charge in [-0.25, -0.2) is 0 Å². The Labute approximate surface area is 171 Å². The van der Waals surface area contributed by atoms with Crippen LogP contribution < -0.4 is 10.9 Å². The van der Waals surface area contributed by atoms with E-state index in [1.807, 2.05) is 50.6 Å². The summed E-state index contributed by atoms with van der Waals surface area (Å²) >= 11 is 3.48. The first-order valence-electron chi connectivity index (χ1n) is 9.12. The molecule has 0 saturated heterocycles. The van der Waals surface area contributed by atoms with Gasteiger partial charge in [-0.1, -0.05) is 15.9 Å². The van der Waals surface area contributed by atoms with E-state index < -0.39 is 0 Å². The van der Waals surface area contributed by atoms with Gasteiger partial charge in [0.2, 0.25) is 0 Å². The number of aryl methyl sites for hydroxylation is 3. The molecule has 0 saturated carbocycles. The normalized spacial score (nSPS) is 12.4. The quantitative estimate of drug-likeness (QED) is 0.561. The van der Waals surface area contributed by atoms with Gasteiger partial charge in [0.1, 0.15) is 0 Å². The van der Waals surface area contributed by atoms with Crippen molar-refractivity contribution in [2.24, 2.45) is 0 Å². The number of aromatic amines is 1. The molecule has 7 heteroatoms. The zero-order chi connectivity index (χ0) is 20.6. The van der Waals surface area contributed by atoms with Crippen LogP contribution in [0.15, 0.2) is 33.7 Å². The van der Waals surface area contributed by atoms with Crippen molar-refractivity contribution in [2.45, 2.75) is 40.3 Å². The van der Waals surface area contributed by atoms with Crippen LogP contribution in [-0.2, 0) is 6.54 Å². The second-order valence-electron chi connectivity index (χ2n) is 7.22. The van der Waals surface area contributed by atoms with Gasteiger partial charge in [0.15, 0.2) is 0 Å². The molecule has 1 amide bonds. The van der Waals surface area contributed by atoms with Crippen LogP contribution in [0.4, 0.5) is 0 Å². The summed E-state index contributed by atoms with van der Waals surface area (Å²) in [7, 11) is 0. The lowest BCUT2D eigenvalue weighted by atomic mass is 10.1. The molecule has 3 aromatic rings. The summed E-state index contributed by atoms with van der Waals surface area (Å²) < 4.78 is 2.75. The van der Waals surface area contributed by atoms with E-state index in [0.29, 0.717) is 11.1 Å². The number of aliphatic hydroxyl groups excluding tert-OH is 1. The lowest BCUT2D eigenvalue weighted by Crippen LogP contribution is -2.28. The van der Waals surface area contributed by atoms with Crippen molar-refractivity contribution in [3.63, 3.8) is 0 Å². The third-order valence-electron chi connectivity index (χ3n) is 4.99. The molecule has 148 valence electrons. The molecular formula is C21H24BrN3O3. The number of nitrogens with zero attached hydrogens (tertiary/aromatic N) is 1. The predicted molar refractivity (Wildman–Crippen MR) is 114 cm³/mol. The molecule has 3 rings (SSSR count). The summed E-state index contributed by atoms with van der Waals surface area (Å²) in [6, 6.07) is 5.52. The molecular weight excluding hydrogens is 422 g/mol. The van der Waals surface area contributed by atoms with Crippen LogP contribution in [0.3, 0.4) is 0 Å². The van der Waals surface area contributed by atoms with Crippen LogP contribution in [0.5, 0.6) is 0 Å². The average Bonchev–Trinajstić information content (AvgIpc) is 2.95. The Morgan fingerprint density at radius 3 is 2.61 bits per heavy atom. The third kappa shape index (κ3) is 3.77. The summed E-state index contributed by atoms with van der Waals surface area (Å²) in [6.45, 7) is 7.72. The first-order valence-corrected chi connectivity index (χ1v) is 9.91. The second kappa shape index (κ2) is 7.93. The fourth-order valence-electron chi connectivity index (χ4n) is 3.55. The topological polar surface area (TPSA) is 87.1 Å². The predicted octanol–water partition coefficient (Wildman–Crippen LogP) is 3.50. The highest BCUT2D eigenvalue weighted by Crippen LogP contribution is 2.31. The number of benzene rings is 1. The Morgan fingerprint density at radius 2 is 1.96 bits per heavy atom. The Morgan fingerprint density at radius 1 is 1.25 bits per heavy atom. The van der Waals surface area contributed by atoms with Gasteiger partial charge in [-0.2, -0.15) is 0 Å². The Bertz CT molecular complexity index is 1110. The number of carbonyl (C=O) groups is 1. The van der Waals surface area contributed by atoms with Crippen molar-refractivity contribution in [3.8, 4) is 0 Å². The molecule has 0 fully saturated rings. The number of aliphatic hydroxyl groups is 1. The molecule has 0 aliphatic rings. The largest absolute Gasteiger partial charge is 0.394 e. The molecule has 28 heavy (non-hydrogen) atoms. The minimum atomic E-state index is -0.247. The summed E-state index contributed by atoms with van der Waals surface area (Å²) in [4.78, 5) is 27.9. The van der Waals surface area contributed by atoms with E-state index in [4.69, 9.17) is 0 Å². The van der Waals surface area contributed by atoms with Crippen molar-refractivity contribution < 1.29 is 9.90 Å². The Balaban J connectivity index is 1.98. The van der Waals surface area contributed by atoms with E-state index in [2.05, 4.69) is 26.2 Å². The number of fused-ring (bicyclic) bond motifs is 1. The van der Waals surface area contributed by atoms with Crippen LogP contribution in [-0.4, -0.2) is 27.2 Å². The minimum absolute atomic E-state index is 0.00669. The van der Waals surface area contributed by atoms with Crippen LogP contribution >= 0.6 is 15.9 Å². The molecule has 0 aliphatic carbocycles. The zero-order valence-corrected chi connectivity index (χ0v) is 18.0. The van der Waals surface area contributed by atoms with Crippen molar-refractivity contribution in [2.75, 3.05) is 6.61 Å². The van der Waals surface area contributed by atoms with Gasteiger partial charge in [0.05, 0.1) is 23.7 Å². The number of nitrogens with one attached hydrogen (secondary N) is 2. The van der Waals surface area contributed by atoms with E-state index in [0.717, 1.165) is 32.2 Å². The van der Waals surface area contributed by atoms with E-state index in [1.54, 1.807) is 6.07 Å². The molecule has 2 heterocycles. The molecule has 0 aliphatic heterocycles. The number of aromatic nitrogens is 2. The van der Waals surface area contributed by atoms with Gasteiger partial charge in [0.25, 0.3) is 11.5 Å².